The van der Waals surface area contributed by atoms with Gasteiger partial charge in [-0.2, -0.15) is 0 Å². The van der Waals surface area contributed by atoms with Crippen LogP contribution in [0, 0.1) is 0 Å². The monoisotopic (exact) mass is 703 g/mol. The lowest BCUT2D eigenvalue weighted by Crippen LogP contribution is -2.38. The van der Waals surface area contributed by atoms with E-state index in [0.29, 0.717) is 0 Å². The van der Waals surface area contributed by atoms with E-state index in [1.54, 1.807) is 0 Å². The van der Waals surface area contributed by atoms with Crippen molar-refractivity contribution in [3.05, 3.63) is 0 Å². The first-order valence-corrected chi connectivity index (χ1v) is 22.3. The molecule has 2 rings (SSSR count). The van der Waals surface area contributed by atoms with Crippen molar-refractivity contribution in [1.29, 1.82) is 0 Å². The third kappa shape index (κ3) is 29.0. The van der Waals surface area contributed by atoms with Crippen LogP contribution in [-0.4, -0.2) is 71.8 Å². The molecule has 0 radical (unpaired) electrons. The van der Waals surface area contributed by atoms with E-state index in [2.05, 4.69) is 23.6 Å². The first kappa shape index (κ1) is 46.4. The van der Waals surface area contributed by atoms with Crippen molar-refractivity contribution in [3.63, 3.8) is 0 Å². The van der Waals surface area contributed by atoms with Crippen molar-refractivity contribution < 1.29 is 9.90 Å². The number of carboxylic acid groups (broad SMARTS) is 1. The lowest BCUT2D eigenvalue weighted by Gasteiger charge is -2.26. The van der Waals surface area contributed by atoms with E-state index < -0.39 is 5.97 Å². The summed E-state index contributed by atoms with van der Waals surface area (Å²) >= 11 is 0. The maximum absolute atomic E-state index is 9.00. The Kier molecular flexibility index (Phi) is 33.2. The van der Waals surface area contributed by atoms with Crippen LogP contribution < -0.4 is 0 Å². The molecule has 0 aromatic rings. The Morgan fingerprint density at radius 1 is 0.460 bits per heavy atom. The zero-order valence-electron chi connectivity index (χ0n) is 34.0. The first-order valence-electron chi connectivity index (χ1n) is 22.3. The molecular weight excluding hydrogens is 617 g/mol. The minimum atomic E-state index is -0.833. The van der Waals surface area contributed by atoms with Crippen LogP contribution in [-0.2, 0) is 4.79 Å². The molecule has 6 heteroatoms. The Hall–Kier alpha value is -1.59. The zero-order chi connectivity index (χ0) is 36.2. The first-order chi connectivity index (χ1) is 24.6. The third-order valence-corrected chi connectivity index (χ3v) is 10.7. The van der Waals surface area contributed by atoms with Crippen molar-refractivity contribution in [2.45, 2.75) is 226 Å². The number of amidine groups is 2. The van der Waals surface area contributed by atoms with Gasteiger partial charge in [-0.05, 0) is 12.8 Å². The minimum absolute atomic E-state index is 0.833. The molecule has 2 aliphatic rings. The van der Waals surface area contributed by atoms with Crippen LogP contribution in [0.2, 0.25) is 0 Å². The van der Waals surface area contributed by atoms with Gasteiger partial charge in [0.25, 0.3) is 5.97 Å². The second-order valence-corrected chi connectivity index (χ2v) is 15.5. The summed E-state index contributed by atoms with van der Waals surface area (Å²) in [5, 5.41) is 7.42. The summed E-state index contributed by atoms with van der Waals surface area (Å²) in [6.45, 7) is 12.2. The van der Waals surface area contributed by atoms with Crippen molar-refractivity contribution in [2.75, 3.05) is 39.3 Å². The quantitative estimate of drug-likeness (QED) is 0.0668. The number of aliphatic carboxylic acids is 1. The molecule has 294 valence electrons. The summed E-state index contributed by atoms with van der Waals surface area (Å²) in [5.74, 6) is 1.96. The molecule has 0 fully saturated rings. The molecule has 6 nitrogen and oxygen atoms in total. The Balaban J connectivity index is 0.00000295. The maximum Gasteiger partial charge on any atom is 0.300 e. The van der Waals surface area contributed by atoms with Gasteiger partial charge in [-0.3, -0.25) is 14.8 Å². The molecule has 0 saturated carbocycles. The van der Waals surface area contributed by atoms with E-state index in [1.807, 2.05) is 0 Å². The van der Waals surface area contributed by atoms with Crippen molar-refractivity contribution >= 4 is 17.6 Å². The van der Waals surface area contributed by atoms with Gasteiger partial charge in [-0.15, -0.1) is 0 Å². The summed E-state index contributed by atoms with van der Waals surface area (Å²) in [5.41, 5.74) is 0. The van der Waals surface area contributed by atoms with Crippen LogP contribution in [0.5, 0.6) is 0 Å². The molecule has 0 unspecified atom stereocenters. The average molecular weight is 703 g/mol. The van der Waals surface area contributed by atoms with Gasteiger partial charge in [-0.25, -0.2) is 0 Å². The van der Waals surface area contributed by atoms with Gasteiger partial charge in [-0.1, -0.05) is 194 Å². The molecule has 0 atom stereocenters. The molecule has 0 saturated heterocycles. The number of nitrogens with zero attached hydrogens (tertiary/aromatic N) is 4. The number of aliphatic imine (C=N–C) groups is 2. The SMILES string of the molecule is CC(=O)O.CCCCCCCCCCCCCCCCCC1=NCCN1CCN1CCN=C1CCCCCCCCCCCCCCCCC. The number of hydrogen-bond donors (Lipinski definition) is 1. The van der Waals surface area contributed by atoms with Gasteiger partial charge in [0, 0.05) is 45.9 Å². The standard InChI is InChI=1S/C42H82N4.C2H4O2/c1-3-5-7-9-11-13-15-17-19-21-23-25-27-29-31-33-41-43-35-37-45(41)39-40-46-38-36-44-42(46)34-32-30-28-26-24-22-20-18-16-14-12-10-8-6-4-2;1-2(3)4/h3-40H2,1-2H3;1H3,(H,3,4). The predicted molar refractivity (Wildman–Crippen MR) is 220 cm³/mol. The second-order valence-electron chi connectivity index (χ2n) is 15.5. The summed E-state index contributed by atoms with van der Waals surface area (Å²) in [7, 11) is 0. The van der Waals surface area contributed by atoms with Gasteiger partial charge in [0.1, 0.15) is 0 Å². The van der Waals surface area contributed by atoms with Gasteiger partial charge in [0.05, 0.1) is 24.8 Å². The van der Waals surface area contributed by atoms with E-state index in [4.69, 9.17) is 19.9 Å². The minimum Gasteiger partial charge on any atom is -0.481 e. The van der Waals surface area contributed by atoms with E-state index in [0.717, 1.165) is 46.2 Å². The van der Waals surface area contributed by atoms with E-state index >= 15 is 0 Å². The van der Waals surface area contributed by atoms with Gasteiger partial charge < -0.3 is 14.9 Å². The number of rotatable bonds is 35. The van der Waals surface area contributed by atoms with E-state index in [-0.39, 0.29) is 0 Å². The van der Waals surface area contributed by atoms with Gasteiger partial charge >= 0.3 is 0 Å². The largest absolute Gasteiger partial charge is 0.481 e. The molecule has 0 spiro atoms. The zero-order valence-corrected chi connectivity index (χ0v) is 34.0. The van der Waals surface area contributed by atoms with Crippen LogP contribution >= 0.6 is 0 Å². The highest BCUT2D eigenvalue weighted by Gasteiger charge is 2.20. The van der Waals surface area contributed by atoms with Crippen LogP contribution in [0.25, 0.3) is 0 Å². The molecule has 0 amide bonds. The Labute approximate surface area is 312 Å². The number of unbranched alkanes of at least 4 members (excludes halogenated alkanes) is 28. The highest BCUT2D eigenvalue weighted by molar-refractivity contribution is 5.85. The Bertz CT molecular complexity index is 750. The molecular formula is C44H86N4O2. The molecule has 50 heavy (non-hydrogen) atoms. The highest BCUT2D eigenvalue weighted by atomic mass is 16.4. The summed E-state index contributed by atoms with van der Waals surface area (Å²) in [6, 6.07) is 0. The van der Waals surface area contributed by atoms with Gasteiger partial charge in [0.15, 0.2) is 0 Å². The third-order valence-electron chi connectivity index (χ3n) is 10.7. The molecule has 1 N–H and O–H groups in total. The van der Waals surface area contributed by atoms with Crippen LogP contribution in [0.1, 0.15) is 226 Å². The molecule has 0 aliphatic carbocycles. The number of carbonyl (C=O) groups is 1. The topological polar surface area (TPSA) is 68.5 Å². The lowest BCUT2D eigenvalue weighted by atomic mass is 10.0. The fourth-order valence-corrected chi connectivity index (χ4v) is 7.56. The summed E-state index contributed by atoms with van der Waals surface area (Å²) < 4.78 is 0. The molecule has 2 aliphatic heterocycles. The van der Waals surface area contributed by atoms with Crippen molar-refractivity contribution in [1.82, 2.24) is 9.80 Å². The van der Waals surface area contributed by atoms with Gasteiger partial charge in [0.2, 0.25) is 0 Å². The van der Waals surface area contributed by atoms with Crippen LogP contribution in [0.15, 0.2) is 9.98 Å². The molecule has 2 heterocycles. The number of carboxylic acids is 1. The number of hydrogen-bond acceptors (Lipinski definition) is 5. The normalized spacial score (nSPS) is 14.2. The smallest absolute Gasteiger partial charge is 0.300 e. The molecule has 0 aromatic heterocycles. The highest BCUT2D eigenvalue weighted by Crippen LogP contribution is 2.17. The fraction of sp³-hybridized carbons (Fsp3) is 0.932. The lowest BCUT2D eigenvalue weighted by molar-refractivity contribution is -0.134. The van der Waals surface area contributed by atoms with E-state index in [1.165, 1.54) is 217 Å². The summed E-state index contributed by atoms with van der Waals surface area (Å²) in [6.07, 6.45) is 45.4. The summed E-state index contributed by atoms with van der Waals surface area (Å²) in [4.78, 5) is 24.0. The maximum atomic E-state index is 9.00. The second kappa shape index (κ2) is 35.8. The van der Waals surface area contributed by atoms with Crippen LogP contribution in [0.3, 0.4) is 0 Å². The average Bonchev–Trinajstić information content (AvgIpc) is 3.76. The predicted octanol–water partition coefficient (Wildman–Crippen LogP) is 13.0. The molecule has 0 aromatic carbocycles. The van der Waals surface area contributed by atoms with Crippen LogP contribution in [0.4, 0.5) is 0 Å². The molecule has 0 bridgehead atoms. The van der Waals surface area contributed by atoms with E-state index in [9.17, 15) is 0 Å². The fourth-order valence-electron chi connectivity index (χ4n) is 7.56. The van der Waals surface area contributed by atoms with Crippen molar-refractivity contribution in [2.24, 2.45) is 9.98 Å². The Morgan fingerprint density at radius 3 is 0.920 bits per heavy atom. The van der Waals surface area contributed by atoms with Crippen molar-refractivity contribution in [3.8, 4) is 0 Å². The Morgan fingerprint density at radius 2 is 0.680 bits per heavy atom.